The molecular weight excluding hydrogens is 260 g/mol. The normalized spacial score (nSPS) is 18.6. The number of carboxylic acids is 1. The minimum absolute atomic E-state index is 0.0301. The Morgan fingerprint density at radius 1 is 1.44 bits per heavy atom. The van der Waals surface area contributed by atoms with Gasteiger partial charge in [-0.25, -0.2) is 4.79 Å². The second kappa shape index (κ2) is 5.37. The van der Waals surface area contributed by atoms with Crippen LogP contribution in [-0.4, -0.2) is 36.2 Å². The SMILES string of the molecule is O=C(O)C(=O)c1ccc(OC2CCOC2)c(Cl)c1. The van der Waals surface area contributed by atoms with Crippen molar-refractivity contribution in [2.45, 2.75) is 12.5 Å². The van der Waals surface area contributed by atoms with Gasteiger partial charge < -0.3 is 14.6 Å². The summed E-state index contributed by atoms with van der Waals surface area (Å²) in [5.41, 5.74) is 0.0301. The third-order valence-corrected chi connectivity index (χ3v) is 2.87. The molecule has 1 fully saturated rings. The van der Waals surface area contributed by atoms with E-state index in [0.717, 1.165) is 6.42 Å². The van der Waals surface area contributed by atoms with E-state index in [-0.39, 0.29) is 16.7 Å². The number of rotatable bonds is 4. The molecule has 1 unspecified atom stereocenters. The molecule has 0 spiro atoms. The van der Waals surface area contributed by atoms with Crippen LogP contribution in [0.15, 0.2) is 18.2 Å². The van der Waals surface area contributed by atoms with Gasteiger partial charge in [-0.1, -0.05) is 11.6 Å². The lowest BCUT2D eigenvalue weighted by molar-refractivity contribution is -0.131. The third-order valence-electron chi connectivity index (χ3n) is 2.57. The van der Waals surface area contributed by atoms with Crippen molar-refractivity contribution in [2.24, 2.45) is 0 Å². The van der Waals surface area contributed by atoms with Crippen LogP contribution in [0.5, 0.6) is 5.75 Å². The second-order valence-electron chi connectivity index (χ2n) is 3.88. The van der Waals surface area contributed by atoms with Crippen LogP contribution in [0.25, 0.3) is 0 Å². The molecule has 0 aliphatic carbocycles. The Hall–Kier alpha value is -1.59. The summed E-state index contributed by atoms with van der Waals surface area (Å²) in [6.45, 7) is 1.16. The van der Waals surface area contributed by atoms with Gasteiger partial charge in [0.05, 0.1) is 18.2 Å². The zero-order valence-corrected chi connectivity index (χ0v) is 10.1. The van der Waals surface area contributed by atoms with Crippen molar-refractivity contribution in [1.82, 2.24) is 0 Å². The van der Waals surface area contributed by atoms with Crippen LogP contribution in [0, 0.1) is 0 Å². The highest BCUT2D eigenvalue weighted by molar-refractivity contribution is 6.40. The van der Waals surface area contributed by atoms with Gasteiger partial charge in [-0.05, 0) is 18.2 Å². The first-order chi connectivity index (χ1) is 8.58. The van der Waals surface area contributed by atoms with E-state index in [1.54, 1.807) is 0 Å². The van der Waals surface area contributed by atoms with Crippen molar-refractivity contribution in [1.29, 1.82) is 0 Å². The second-order valence-corrected chi connectivity index (χ2v) is 4.29. The first-order valence-electron chi connectivity index (χ1n) is 5.39. The van der Waals surface area contributed by atoms with Gasteiger partial charge in [0.1, 0.15) is 11.9 Å². The molecule has 1 saturated heterocycles. The maximum atomic E-state index is 11.2. The van der Waals surface area contributed by atoms with E-state index in [2.05, 4.69) is 0 Å². The fraction of sp³-hybridized carbons (Fsp3) is 0.333. The highest BCUT2D eigenvalue weighted by Crippen LogP contribution is 2.28. The average molecular weight is 271 g/mol. The van der Waals surface area contributed by atoms with Crippen LogP contribution >= 0.6 is 11.6 Å². The fourth-order valence-corrected chi connectivity index (χ4v) is 1.87. The van der Waals surface area contributed by atoms with Gasteiger partial charge in [0.25, 0.3) is 5.78 Å². The zero-order valence-electron chi connectivity index (χ0n) is 9.39. The van der Waals surface area contributed by atoms with Gasteiger partial charge in [-0.15, -0.1) is 0 Å². The molecule has 96 valence electrons. The molecule has 18 heavy (non-hydrogen) atoms. The maximum absolute atomic E-state index is 11.2. The summed E-state index contributed by atoms with van der Waals surface area (Å²) in [6.07, 6.45) is 0.732. The smallest absolute Gasteiger partial charge is 0.377 e. The van der Waals surface area contributed by atoms with E-state index >= 15 is 0 Å². The summed E-state index contributed by atoms with van der Waals surface area (Å²) < 4.78 is 10.7. The summed E-state index contributed by atoms with van der Waals surface area (Å²) in [4.78, 5) is 21.8. The van der Waals surface area contributed by atoms with Crippen molar-refractivity contribution >= 4 is 23.4 Å². The number of hydrogen-bond donors (Lipinski definition) is 1. The summed E-state index contributed by atoms with van der Waals surface area (Å²) in [6, 6.07) is 4.17. The highest BCUT2D eigenvalue weighted by Gasteiger charge is 2.20. The number of carbonyl (C=O) groups excluding carboxylic acids is 1. The predicted octanol–water partition coefficient (Wildman–Crippen LogP) is 1.77. The van der Waals surface area contributed by atoms with E-state index in [1.807, 2.05) is 0 Å². The molecule has 1 aromatic carbocycles. The molecule has 2 rings (SSSR count). The molecule has 1 aliphatic heterocycles. The van der Waals surface area contributed by atoms with E-state index in [9.17, 15) is 9.59 Å². The van der Waals surface area contributed by atoms with E-state index in [4.69, 9.17) is 26.2 Å². The molecule has 1 atom stereocenters. The zero-order chi connectivity index (χ0) is 13.1. The summed E-state index contributed by atoms with van der Waals surface area (Å²) in [7, 11) is 0. The average Bonchev–Trinajstić information content (AvgIpc) is 2.83. The molecule has 0 radical (unpaired) electrons. The van der Waals surface area contributed by atoms with Crippen molar-refractivity contribution < 1.29 is 24.2 Å². The molecule has 5 nitrogen and oxygen atoms in total. The van der Waals surface area contributed by atoms with E-state index in [0.29, 0.717) is 19.0 Å². The van der Waals surface area contributed by atoms with E-state index < -0.39 is 11.8 Å². The third kappa shape index (κ3) is 2.80. The minimum atomic E-state index is -1.51. The summed E-state index contributed by atoms with van der Waals surface area (Å²) >= 11 is 5.95. The fourth-order valence-electron chi connectivity index (χ4n) is 1.65. The number of ether oxygens (including phenoxy) is 2. The molecule has 1 aromatic rings. The van der Waals surface area contributed by atoms with Crippen molar-refractivity contribution in [2.75, 3.05) is 13.2 Å². The molecule has 1 aliphatic rings. The Labute approximate surface area is 108 Å². The lowest BCUT2D eigenvalue weighted by atomic mass is 10.1. The molecule has 0 aromatic heterocycles. The quantitative estimate of drug-likeness (QED) is 0.667. The molecule has 1 N–H and O–H groups in total. The summed E-state index contributed by atoms with van der Waals surface area (Å²) in [5.74, 6) is -2.08. The molecule has 0 saturated carbocycles. The van der Waals surface area contributed by atoms with Crippen molar-refractivity contribution in [3.63, 3.8) is 0 Å². The number of halogens is 1. The molecule has 0 bridgehead atoms. The van der Waals surface area contributed by atoms with Crippen molar-refractivity contribution in [3.05, 3.63) is 28.8 Å². The Morgan fingerprint density at radius 3 is 2.78 bits per heavy atom. The lowest BCUT2D eigenvalue weighted by Crippen LogP contribution is -2.16. The van der Waals surface area contributed by atoms with Crippen LogP contribution in [0.2, 0.25) is 5.02 Å². The van der Waals surface area contributed by atoms with Gasteiger partial charge in [-0.2, -0.15) is 0 Å². The van der Waals surface area contributed by atoms with Gasteiger partial charge in [0, 0.05) is 12.0 Å². The largest absolute Gasteiger partial charge is 0.486 e. The van der Waals surface area contributed by atoms with Gasteiger partial charge >= 0.3 is 5.97 Å². The number of carboxylic acid groups (broad SMARTS) is 1. The maximum Gasteiger partial charge on any atom is 0.377 e. The van der Waals surface area contributed by atoms with Crippen LogP contribution in [0.1, 0.15) is 16.8 Å². The van der Waals surface area contributed by atoms with Gasteiger partial charge in [0.2, 0.25) is 0 Å². The number of Topliss-reactive ketones (excluding diaryl/α,β-unsaturated/α-hetero) is 1. The molecule has 0 amide bonds. The Balaban J connectivity index is 2.14. The Kier molecular flexibility index (Phi) is 3.84. The van der Waals surface area contributed by atoms with Crippen LogP contribution in [-0.2, 0) is 9.53 Å². The lowest BCUT2D eigenvalue weighted by Gasteiger charge is -2.13. The number of carbonyl (C=O) groups is 2. The minimum Gasteiger partial charge on any atom is -0.486 e. The predicted molar refractivity (Wildman–Crippen MR) is 63.3 cm³/mol. The van der Waals surface area contributed by atoms with Gasteiger partial charge in [0.15, 0.2) is 0 Å². The molecular formula is C12H11ClO5. The number of hydrogen-bond acceptors (Lipinski definition) is 4. The number of ketones is 1. The number of aliphatic carboxylic acids is 1. The topological polar surface area (TPSA) is 72.8 Å². The summed E-state index contributed by atoms with van der Waals surface area (Å²) in [5, 5.41) is 8.80. The molecule has 1 heterocycles. The van der Waals surface area contributed by atoms with E-state index in [1.165, 1.54) is 18.2 Å². The monoisotopic (exact) mass is 270 g/mol. The van der Waals surface area contributed by atoms with Gasteiger partial charge in [-0.3, -0.25) is 4.79 Å². The first-order valence-corrected chi connectivity index (χ1v) is 5.77. The highest BCUT2D eigenvalue weighted by atomic mass is 35.5. The molecule has 6 heteroatoms. The van der Waals surface area contributed by atoms with Crippen LogP contribution in [0.4, 0.5) is 0 Å². The Morgan fingerprint density at radius 2 is 2.22 bits per heavy atom. The van der Waals surface area contributed by atoms with Crippen molar-refractivity contribution in [3.8, 4) is 5.75 Å². The first kappa shape index (κ1) is 12.9. The number of benzene rings is 1. The van der Waals surface area contributed by atoms with Crippen LogP contribution in [0.3, 0.4) is 0 Å². The van der Waals surface area contributed by atoms with Crippen LogP contribution < -0.4 is 4.74 Å². The standard InChI is InChI=1S/C12H11ClO5/c13-9-5-7(11(14)12(15)16)1-2-10(9)18-8-3-4-17-6-8/h1-2,5,8H,3-4,6H2,(H,15,16). The Bertz CT molecular complexity index is 479.